The summed E-state index contributed by atoms with van der Waals surface area (Å²) in [6.45, 7) is 3.04. The summed E-state index contributed by atoms with van der Waals surface area (Å²) in [5, 5.41) is 5.66. The van der Waals surface area contributed by atoms with E-state index in [4.69, 9.17) is 4.74 Å². The molecule has 2 aromatic rings. The normalized spacial score (nSPS) is 14.1. The molecule has 1 aliphatic rings. The first-order valence-electron chi connectivity index (χ1n) is 10.3. The molecule has 0 saturated carbocycles. The van der Waals surface area contributed by atoms with Crippen LogP contribution in [0, 0.1) is 0 Å². The Morgan fingerprint density at radius 3 is 2.31 bits per heavy atom. The maximum atomic E-state index is 13.1. The van der Waals surface area contributed by atoms with E-state index in [0.29, 0.717) is 42.4 Å². The van der Waals surface area contributed by atoms with Gasteiger partial charge >= 0.3 is 5.97 Å². The van der Waals surface area contributed by atoms with Crippen LogP contribution < -0.4 is 15.4 Å². The molecule has 1 heterocycles. The minimum absolute atomic E-state index is 0.0735. The third-order valence-corrected chi connectivity index (χ3v) is 6.89. The van der Waals surface area contributed by atoms with E-state index in [0.717, 1.165) is 12.8 Å². The van der Waals surface area contributed by atoms with E-state index in [1.807, 2.05) is 0 Å². The minimum Gasteiger partial charge on any atom is -0.492 e. The molecule has 1 saturated heterocycles. The van der Waals surface area contributed by atoms with Crippen molar-refractivity contribution in [2.75, 3.05) is 44.0 Å². The van der Waals surface area contributed by atoms with Gasteiger partial charge in [0.25, 0.3) is 0 Å². The number of carbonyl (C=O) groups is 2. The van der Waals surface area contributed by atoms with E-state index in [1.54, 1.807) is 43.3 Å². The molecule has 3 rings (SSSR count). The molecule has 1 amide bonds. The number of hydrogen-bond acceptors (Lipinski definition) is 7. The van der Waals surface area contributed by atoms with Crippen LogP contribution >= 0.6 is 0 Å². The largest absolute Gasteiger partial charge is 0.492 e. The number of benzene rings is 2. The minimum atomic E-state index is -3.68. The van der Waals surface area contributed by atoms with Gasteiger partial charge in [0.05, 0.1) is 25.8 Å². The highest BCUT2D eigenvalue weighted by Gasteiger charge is 2.30. The molecule has 2 N–H and O–H groups in total. The number of nitrogens with one attached hydrogen (secondary N) is 2. The average molecular weight is 462 g/mol. The number of amides is 1. The van der Waals surface area contributed by atoms with Gasteiger partial charge in [-0.2, -0.15) is 4.31 Å². The SMILES string of the molecule is CCOc1ccc(NCC(=O)Nc2ccc(C(=O)OC)cc2)cc1S(=O)(=O)N1CCCC1. The summed E-state index contributed by atoms with van der Waals surface area (Å²) in [4.78, 5) is 23.9. The molecule has 0 aliphatic carbocycles. The fourth-order valence-corrected chi connectivity index (χ4v) is 5.03. The molecule has 0 aromatic heterocycles. The number of carbonyl (C=O) groups excluding carboxylic acids is 2. The van der Waals surface area contributed by atoms with Crippen LogP contribution in [-0.2, 0) is 19.6 Å². The van der Waals surface area contributed by atoms with Gasteiger partial charge in [-0.3, -0.25) is 4.79 Å². The Morgan fingerprint density at radius 1 is 1.03 bits per heavy atom. The van der Waals surface area contributed by atoms with E-state index in [2.05, 4.69) is 15.4 Å². The number of ether oxygens (including phenoxy) is 2. The summed E-state index contributed by atoms with van der Waals surface area (Å²) in [5.74, 6) is -0.492. The zero-order valence-corrected chi connectivity index (χ0v) is 18.9. The van der Waals surface area contributed by atoms with Crippen LogP contribution in [0.15, 0.2) is 47.4 Å². The van der Waals surface area contributed by atoms with Crippen molar-refractivity contribution in [2.24, 2.45) is 0 Å². The Balaban J connectivity index is 1.68. The van der Waals surface area contributed by atoms with Crippen molar-refractivity contribution in [3.05, 3.63) is 48.0 Å². The van der Waals surface area contributed by atoms with E-state index < -0.39 is 16.0 Å². The van der Waals surface area contributed by atoms with Gasteiger partial charge in [0.1, 0.15) is 10.6 Å². The van der Waals surface area contributed by atoms with Crippen molar-refractivity contribution in [1.29, 1.82) is 0 Å². The van der Waals surface area contributed by atoms with Crippen LogP contribution in [0.3, 0.4) is 0 Å². The lowest BCUT2D eigenvalue weighted by Gasteiger charge is -2.19. The molecule has 9 nitrogen and oxygen atoms in total. The van der Waals surface area contributed by atoms with Gasteiger partial charge in [-0.05, 0) is 62.2 Å². The molecular weight excluding hydrogens is 434 g/mol. The highest BCUT2D eigenvalue weighted by Crippen LogP contribution is 2.31. The third kappa shape index (κ3) is 5.57. The Kier molecular flexibility index (Phi) is 7.70. The highest BCUT2D eigenvalue weighted by molar-refractivity contribution is 7.89. The van der Waals surface area contributed by atoms with E-state index in [1.165, 1.54) is 17.5 Å². The molecule has 1 aliphatic heterocycles. The van der Waals surface area contributed by atoms with Gasteiger partial charge in [0.15, 0.2) is 0 Å². The van der Waals surface area contributed by atoms with Crippen molar-refractivity contribution in [3.8, 4) is 5.75 Å². The van der Waals surface area contributed by atoms with Gasteiger partial charge in [-0.25, -0.2) is 13.2 Å². The summed E-state index contributed by atoms with van der Waals surface area (Å²) in [6, 6.07) is 11.1. The van der Waals surface area contributed by atoms with Crippen LogP contribution in [0.4, 0.5) is 11.4 Å². The van der Waals surface area contributed by atoms with E-state index in [9.17, 15) is 18.0 Å². The Morgan fingerprint density at radius 2 is 1.69 bits per heavy atom. The molecule has 0 bridgehead atoms. The molecule has 0 unspecified atom stereocenters. The zero-order valence-electron chi connectivity index (χ0n) is 18.1. The smallest absolute Gasteiger partial charge is 0.337 e. The maximum absolute atomic E-state index is 13.1. The lowest BCUT2D eigenvalue weighted by Crippen LogP contribution is -2.28. The highest BCUT2D eigenvalue weighted by atomic mass is 32.2. The molecule has 32 heavy (non-hydrogen) atoms. The van der Waals surface area contributed by atoms with Crippen molar-refractivity contribution in [2.45, 2.75) is 24.7 Å². The van der Waals surface area contributed by atoms with Crippen LogP contribution in [0.2, 0.25) is 0 Å². The fourth-order valence-electron chi connectivity index (χ4n) is 3.36. The molecule has 2 aromatic carbocycles. The summed E-state index contributed by atoms with van der Waals surface area (Å²) >= 11 is 0. The van der Waals surface area contributed by atoms with Crippen molar-refractivity contribution in [1.82, 2.24) is 4.31 Å². The van der Waals surface area contributed by atoms with Gasteiger partial charge in [-0.15, -0.1) is 0 Å². The van der Waals surface area contributed by atoms with Crippen LogP contribution in [0.5, 0.6) is 5.75 Å². The lowest BCUT2D eigenvalue weighted by atomic mass is 10.2. The maximum Gasteiger partial charge on any atom is 0.337 e. The number of methoxy groups -OCH3 is 1. The summed E-state index contributed by atoms with van der Waals surface area (Å²) in [7, 11) is -2.39. The second-order valence-corrected chi connectivity index (χ2v) is 9.08. The van der Waals surface area contributed by atoms with Gasteiger partial charge in [0.2, 0.25) is 15.9 Å². The van der Waals surface area contributed by atoms with Gasteiger partial charge in [0, 0.05) is 24.5 Å². The molecule has 1 fully saturated rings. The Hall–Kier alpha value is -3.11. The quantitative estimate of drug-likeness (QED) is 0.552. The van der Waals surface area contributed by atoms with Crippen LogP contribution in [0.1, 0.15) is 30.1 Å². The number of anilines is 2. The predicted molar refractivity (Wildman–Crippen MR) is 121 cm³/mol. The molecule has 0 radical (unpaired) electrons. The van der Waals surface area contributed by atoms with Gasteiger partial charge in [-0.1, -0.05) is 0 Å². The van der Waals surface area contributed by atoms with Gasteiger partial charge < -0.3 is 20.1 Å². The van der Waals surface area contributed by atoms with Crippen LogP contribution in [0.25, 0.3) is 0 Å². The standard InChI is InChI=1S/C22H27N3O6S/c1-3-31-19-11-10-18(14-20(19)32(28,29)25-12-4-5-13-25)23-15-21(26)24-17-8-6-16(7-9-17)22(27)30-2/h6-11,14,23H,3-5,12-13,15H2,1-2H3,(H,24,26). The topological polar surface area (TPSA) is 114 Å². The second kappa shape index (κ2) is 10.5. The second-order valence-electron chi connectivity index (χ2n) is 7.18. The molecule has 0 spiro atoms. The average Bonchev–Trinajstić information content (AvgIpc) is 3.34. The number of hydrogen-bond donors (Lipinski definition) is 2. The monoisotopic (exact) mass is 461 g/mol. The fraction of sp³-hybridized carbons (Fsp3) is 0.364. The van der Waals surface area contributed by atoms with Crippen molar-refractivity contribution >= 4 is 33.3 Å². The number of sulfonamides is 1. The van der Waals surface area contributed by atoms with E-state index in [-0.39, 0.29) is 17.3 Å². The van der Waals surface area contributed by atoms with Crippen LogP contribution in [-0.4, -0.2) is 58.0 Å². The summed E-state index contributed by atoms with van der Waals surface area (Å²) in [6.07, 6.45) is 1.67. The van der Waals surface area contributed by atoms with Crippen molar-refractivity contribution < 1.29 is 27.5 Å². The summed E-state index contributed by atoms with van der Waals surface area (Å²) in [5.41, 5.74) is 1.39. The number of rotatable bonds is 9. The zero-order chi connectivity index (χ0) is 23.1. The summed E-state index contributed by atoms with van der Waals surface area (Å²) < 4.78 is 37.8. The molecule has 0 atom stereocenters. The van der Waals surface area contributed by atoms with E-state index >= 15 is 0 Å². The number of nitrogens with zero attached hydrogens (tertiary/aromatic N) is 1. The molecule has 10 heteroatoms. The molecular formula is C22H27N3O6S. The third-order valence-electron chi connectivity index (χ3n) is 4.97. The Labute approximate surface area is 187 Å². The lowest BCUT2D eigenvalue weighted by molar-refractivity contribution is -0.114. The number of esters is 1. The first-order chi connectivity index (χ1) is 15.3. The first-order valence-corrected chi connectivity index (χ1v) is 11.8. The first kappa shape index (κ1) is 23.6. The predicted octanol–water partition coefficient (Wildman–Crippen LogP) is 2.71. The van der Waals surface area contributed by atoms with Crippen molar-refractivity contribution in [3.63, 3.8) is 0 Å². The molecule has 172 valence electrons. The Bertz CT molecular complexity index is 1060.